The molecule has 0 saturated heterocycles. The molecule has 2 aromatic carbocycles. The van der Waals surface area contributed by atoms with Gasteiger partial charge in [-0.3, -0.25) is 4.79 Å². The van der Waals surface area contributed by atoms with Crippen LogP contribution in [-0.2, 0) is 17.8 Å². The van der Waals surface area contributed by atoms with Crippen LogP contribution in [0.3, 0.4) is 0 Å². The van der Waals surface area contributed by atoms with E-state index in [1.54, 1.807) is 11.0 Å². The first-order valence-corrected chi connectivity index (χ1v) is 7.17. The lowest BCUT2D eigenvalue weighted by Crippen LogP contribution is -2.31. The molecule has 21 heavy (non-hydrogen) atoms. The largest absolute Gasteiger partial charge is 0.338 e. The zero-order valence-corrected chi connectivity index (χ0v) is 12.5. The molecular formula is C18H20FNO. The van der Waals surface area contributed by atoms with E-state index in [2.05, 4.69) is 0 Å². The van der Waals surface area contributed by atoms with Gasteiger partial charge < -0.3 is 4.90 Å². The van der Waals surface area contributed by atoms with Gasteiger partial charge in [-0.05, 0) is 42.7 Å². The molecule has 2 aromatic rings. The van der Waals surface area contributed by atoms with Crippen LogP contribution in [-0.4, -0.2) is 17.4 Å². The van der Waals surface area contributed by atoms with Crippen LogP contribution in [0.2, 0.25) is 0 Å². The Hall–Kier alpha value is -2.16. The summed E-state index contributed by atoms with van der Waals surface area (Å²) in [5.74, 6) is -0.203. The minimum Gasteiger partial charge on any atom is -0.338 e. The van der Waals surface area contributed by atoms with Crippen molar-refractivity contribution in [2.24, 2.45) is 0 Å². The fraction of sp³-hybridized carbons (Fsp3) is 0.278. The van der Waals surface area contributed by atoms with Crippen molar-refractivity contribution in [2.45, 2.75) is 26.8 Å². The molecule has 0 bridgehead atoms. The number of amides is 1. The molecule has 3 heteroatoms. The summed E-state index contributed by atoms with van der Waals surface area (Å²) in [6.45, 7) is 5.00. The number of carbonyl (C=O) groups excluding carboxylic acids is 1. The van der Waals surface area contributed by atoms with E-state index < -0.39 is 0 Å². The summed E-state index contributed by atoms with van der Waals surface area (Å²) in [5, 5.41) is 0. The predicted molar refractivity (Wildman–Crippen MR) is 82.4 cm³/mol. The Balaban J connectivity index is 2.07. The molecule has 2 nitrogen and oxygen atoms in total. The molecule has 0 fully saturated rings. The Morgan fingerprint density at radius 1 is 1.14 bits per heavy atom. The second-order valence-electron chi connectivity index (χ2n) is 5.14. The summed E-state index contributed by atoms with van der Waals surface area (Å²) in [5.41, 5.74) is 2.97. The highest BCUT2D eigenvalue weighted by molar-refractivity contribution is 5.79. The summed E-state index contributed by atoms with van der Waals surface area (Å²) in [6.07, 6.45) is 0.385. The third-order valence-electron chi connectivity index (χ3n) is 3.60. The zero-order valence-electron chi connectivity index (χ0n) is 12.5. The van der Waals surface area contributed by atoms with Crippen molar-refractivity contribution in [1.82, 2.24) is 4.90 Å². The van der Waals surface area contributed by atoms with Gasteiger partial charge in [0.25, 0.3) is 0 Å². The highest BCUT2D eigenvalue weighted by Gasteiger charge is 2.14. The van der Waals surface area contributed by atoms with Crippen LogP contribution in [0.4, 0.5) is 4.39 Å². The van der Waals surface area contributed by atoms with Crippen molar-refractivity contribution >= 4 is 5.91 Å². The number of likely N-dealkylation sites (N-methyl/N-ethyl adjacent to an activating group) is 1. The van der Waals surface area contributed by atoms with Gasteiger partial charge in [-0.1, -0.05) is 36.4 Å². The zero-order chi connectivity index (χ0) is 15.2. The third-order valence-corrected chi connectivity index (χ3v) is 3.60. The third kappa shape index (κ3) is 4.15. The molecule has 0 N–H and O–H groups in total. The van der Waals surface area contributed by atoms with Crippen molar-refractivity contribution in [3.63, 3.8) is 0 Å². The van der Waals surface area contributed by atoms with Gasteiger partial charge in [-0.2, -0.15) is 0 Å². The van der Waals surface area contributed by atoms with E-state index in [0.717, 1.165) is 16.7 Å². The standard InChI is InChI=1S/C18H20FNO/c1-3-20(13-15-8-6-10-17(19)11-15)18(21)12-16-9-5-4-7-14(16)2/h4-11H,3,12-13H2,1-2H3. The van der Waals surface area contributed by atoms with Gasteiger partial charge in [0, 0.05) is 13.1 Å². The van der Waals surface area contributed by atoms with Gasteiger partial charge in [0.2, 0.25) is 5.91 Å². The molecule has 0 heterocycles. The van der Waals surface area contributed by atoms with Crippen LogP contribution in [0.15, 0.2) is 48.5 Å². The van der Waals surface area contributed by atoms with Gasteiger partial charge in [0.05, 0.1) is 6.42 Å². The topological polar surface area (TPSA) is 20.3 Å². The van der Waals surface area contributed by atoms with Crippen molar-refractivity contribution in [3.8, 4) is 0 Å². The first-order chi connectivity index (χ1) is 10.1. The second kappa shape index (κ2) is 7.02. The number of halogens is 1. The second-order valence-corrected chi connectivity index (χ2v) is 5.14. The van der Waals surface area contributed by atoms with Gasteiger partial charge in [0.1, 0.15) is 5.82 Å². The van der Waals surface area contributed by atoms with E-state index in [1.165, 1.54) is 12.1 Å². The number of aryl methyl sites for hydroxylation is 1. The lowest BCUT2D eigenvalue weighted by Gasteiger charge is -2.21. The molecule has 0 atom stereocenters. The lowest BCUT2D eigenvalue weighted by atomic mass is 10.1. The van der Waals surface area contributed by atoms with Gasteiger partial charge in [0.15, 0.2) is 0 Å². The normalized spacial score (nSPS) is 10.4. The molecular weight excluding hydrogens is 265 g/mol. The molecule has 2 rings (SSSR count). The Bertz CT molecular complexity index is 624. The summed E-state index contributed by atoms with van der Waals surface area (Å²) in [7, 11) is 0. The highest BCUT2D eigenvalue weighted by atomic mass is 19.1. The Morgan fingerprint density at radius 3 is 2.57 bits per heavy atom. The molecule has 0 aliphatic rings. The van der Waals surface area contributed by atoms with Crippen LogP contribution in [0.25, 0.3) is 0 Å². The number of hydrogen-bond donors (Lipinski definition) is 0. The maximum absolute atomic E-state index is 13.2. The summed E-state index contributed by atoms with van der Waals surface area (Å²) >= 11 is 0. The minimum atomic E-state index is -0.269. The van der Waals surface area contributed by atoms with Crippen molar-refractivity contribution in [2.75, 3.05) is 6.54 Å². The van der Waals surface area contributed by atoms with E-state index in [-0.39, 0.29) is 11.7 Å². The summed E-state index contributed by atoms with van der Waals surface area (Å²) in [4.78, 5) is 14.2. The van der Waals surface area contributed by atoms with Gasteiger partial charge in [-0.15, -0.1) is 0 Å². The fourth-order valence-corrected chi connectivity index (χ4v) is 2.32. The van der Waals surface area contributed by atoms with Crippen LogP contribution >= 0.6 is 0 Å². The number of hydrogen-bond acceptors (Lipinski definition) is 1. The Kier molecular flexibility index (Phi) is 5.09. The number of benzene rings is 2. The monoisotopic (exact) mass is 285 g/mol. The van der Waals surface area contributed by atoms with E-state index in [1.807, 2.05) is 44.2 Å². The average Bonchev–Trinajstić information content (AvgIpc) is 2.47. The molecule has 0 radical (unpaired) electrons. The molecule has 0 unspecified atom stereocenters. The quantitative estimate of drug-likeness (QED) is 0.820. The number of nitrogens with zero attached hydrogens (tertiary/aromatic N) is 1. The highest BCUT2D eigenvalue weighted by Crippen LogP contribution is 2.12. The van der Waals surface area contributed by atoms with E-state index >= 15 is 0 Å². The first-order valence-electron chi connectivity index (χ1n) is 7.17. The van der Waals surface area contributed by atoms with Crippen LogP contribution < -0.4 is 0 Å². The number of carbonyl (C=O) groups is 1. The first kappa shape index (κ1) is 15.2. The maximum atomic E-state index is 13.2. The van der Waals surface area contributed by atoms with Gasteiger partial charge in [-0.25, -0.2) is 4.39 Å². The van der Waals surface area contributed by atoms with Crippen LogP contribution in [0.1, 0.15) is 23.6 Å². The maximum Gasteiger partial charge on any atom is 0.227 e. The fourth-order valence-electron chi connectivity index (χ4n) is 2.32. The number of rotatable bonds is 5. The molecule has 1 amide bonds. The van der Waals surface area contributed by atoms with Crippen LogP contribution in [0.5, 0.6) is 0 Å². The van der Waals surface area contributed by atoms with Crippen molar-refractivity contribution < 1.29 is 9.18 Å². The van der Waals surface area contributed by atoms with E-state index in [9.17, 15) is 9.18 Å². The minimum absolute atomic E-state index is 0.0658. The summed E-state index contributed by atoms with van der Waals surface area (Å²) < 4.78 is 13.2. The van der Waals surface area contributed by atoms with E-state index in [4.69, 9.17) is 0 Å². The smallest absolute Gasteiger partial charge is 0.227 e. The Morgan fingerprint density at radius 2 is 1.90 bits per heavy atom. The molecule has 0 aliphatic heterocycles. The summed E-state index contributed by atoms with van der Waals surface area (Å²) in [6, 6.07) is 14.3. The molecule has 110 valence electrons. The lowest BCUT2D eigenvalue weighted by molar-refractivity contribution is -0.130. The van der Waals surface area contributed by atoms with E-state index in [0.29, 0.717) is 19.5 Å². The molecule has 0 aliphatic carbocycles. The average molecular weight is 285 g/mol. The molecule has 0 aromatic heterocycles. The predicted octanol–water partition coefficient (Wildman–Crippen LogP) is 3.73. The van der Waals surface area contributed by atoms with Crippen LogP contribution in [0, 0.1) is 12.7 Å². The SMILES string of the molecule is CCN(Cc1cccc(F)c1)C(=O)Cc1ccccc1C. The molecule has 0 spiro atoms. The van der Waals surface area contributed by atoms with Crippen molar-refractivity contribution in [1.29, 1.82) is 0 Å². The van der Waals surface area contributed by atoms with Crippen molar-refractivity contribution in [3.05, 3.63) is 71.0 Å². The molecule has 0 saturated carbocycles. The van der Waals surface area contributed by atoms with Gasteiger partial charge >= 0.3 is 0 Å². The Labute approximate surface area is 125 Å².